The van der Waals surface area contributed by atoms with Crippen LogP contribution in [0.1, 0.15) is 56.6 Å². The van der Waals surface area contributed by atoms with E-state index in [9.17, 15) is 4.79 Å². The molecule has 1 unspecified atom stereocenters. The van der Waals surface area contributed by atoms with E-state index < -0.39 is 5.97 Å². The van der Waals surface area contributed by atoms with Crippen molar-refractivity contribution in [3.63, 3.8) is 0 Å². The number of hydrogen-bond acceptors (Lipinski definition) is 2. The molecule has 2 aliphatic rings. The molecule has 21 heavy (non-hydrogen) atoms. The highest BCUT2D eigenvalue weighted by atomic mass is 16.4. The zero-order valence-electron chi connectivity index (χ0n) is 12.8. The monoisotopic (exact) mass is 287 g/mol. The van der Waals surface area contributed by atoms with Crippen molar-refractivity contribution in [1.29, 1.82) is 0 Å². The second-order valence-corrected chi connectivity index (χ2v) is 6.87. The Hall–Kier alpha value is -1.35. The predicted molar refractivity (Wildman–Crippen MR) is 83.2 cm³/mol. The molecule has 2 aliphatic carbocycles. The smallest absolute Gasteiger partial charge is 0.306 e. The van der Waals surface area contributed by atoms with Crippen LogP contribution < -0.4 is 5.32 Å². The number of carboxylic acid groups (broad SMARTS) is 1. The lowest BCUT2D eigenvalue weighted by atomic mass is 9.76. The molecule has 0 radical (unpaired) electrons. The first-order valence-electron chi connectivity index (χ1n) is 8.17. The van der Waals surface area contributed by atoms with E-state index in [1.54, 1.807) is 0 Å². The van der Waals surface area contributed by atoms with Gasteiger partial charge in [-0.15, -0.1) is 0 Å². The number of nitrogens with one attached hydrogen (secondary N) is 1. The highest BCUT2D eigenvalue weighted by Gasteiger charge is 2.35. The summed E-state index contributed by atoms with van der Waals surface area (Å²) < 4.78 is 0. The minimum absolute atomic E-state index is 0.0512. The lowest BCUT2D eigenvalue weighted by Gasteiger charge is -2.41. The van der Waals surface area contributed by atoms with Gasteiger partial charge < -0.3 is 10.4 Å². The van der Waals surface area contributed by atoms with Gasteiger partial charge in [-0.3, -0.25) is 4.79 Å². The molecule has 114 valence electrons. The standard InChI is InChI=1S/C18H25NO2/c1-18(12-4-6-13-5-2-3-7-16(13)18)19-15-10-8-14(9-11-15)17(20)21/h2-3,5,7,14-15,19H,4,6,8-12H2,1H3,(H,20,21). The third-order valence-corrected chi connectivity index (χ3v) is 5.33. The maximum Gasteiger partial charge on any atom is 0.306 e. The lowest BCUT2D eigenvalue weighted by Crippen LogP contribution is -2.49. The van der Waals surface area contributed by atoms with Crippen LogP contribution in [0.5, 0.6) is 0 Å². The molecule has 3 rings (SSSR count). The molecule has 0 aliphatic heterocycles. The third kappa shape index (κ3) is 2.98. The number of fused-ring (bicyclic) bond motifs is 1. The Morgan fingerprint density at radius 1 is 1.24 bits per heavy atom. The zero-order chi connectivity index (χ0) is 14.9. The molecule has 1 fully saturated rings. The van der Waals surface area contributed by atoms with Crippen LogP contribution in [-0.4, -0.2) is 17.1 Å². The van der Waals surface area contributed by atoms with Crippen LogP contribution in [-0.2, 0) is 16.8 Å². The van der Waals surface area contributed by atoms with Gasteiger partial charge in [0.1, 0.15) is 0 Å². The fourth-order valence-electron chi connectivity index (χ4n) is 4.13. The Labute approximate surface area is 126 Å². The van der Waals surface area contributed by atoms with E-state index >= 15 is 0 Å². The number of aryl methyl sites for hydroxylation is 1. The molecular formula is C18H25NO2. The van der Waals surface area contributed by atoms with Gasteiger partial charge in [-0.1, -0.05) is 24.3 Å². The Kier molecular flexibility index (Phi) is 4.03. The van der Waals surface area contributed by atoms with E-state index in [1.165, 1.54) is 30.4 Å². The Morgan fingerprint density at radius 3 is 2.67 bits per heavy atom. The Balaban J connectivity index is 1.70. The second kappa shape index (κ2) is 5.80. The van der Waals surface area contributed by atoms with E-state index in [1.807, 2.05) is 0 Å². The van der Waals surface area contributed by atoms with Crippen molar-refractivity contribution < 1.29 is 9.90 Å². The van der Waals surface area contributed by atoms with Crippen LogP contribution in [0.2, 0.25) is 0 Å². The number of hydrogen-bond donors (Lipinski definition) is 2. The van der Waals surface area contributed by atoms with Crippen molar-refractivity contribution >= 4 is 5.97 Å². The molecule has 3 heteroatoms. The maximum atomic E-state index is 11.1. The number of carboxylic acids is 1. The fourth-order valence-corrected chi connectivity index (χ4v) is 4.13. The van der Waals surface area contributed by atoms with Crippen molar-refractivity contribution in [2.24, 2.45) is 5.92 Å². The van der Waals surface area contributed by atoms with Gasteiger partial charge in [0.05, 0.1) is 5.92 Å². The van der Waals surface area contributed by atoms with Gasteiger partial charge in [-0.25, -0.2) is 0 Å². The summed E-state index contributed by atoms with van der Waals surface area (Å²) in [7, 11) is 0. The molecule has 0 spiro atoms. The van der Waals surface area contributed by atoms with Crippen LogP contribution in [0.15, 0.2) is 24.3 Å². The van der Waals surface area contributed by atoms with Crippen LogP contribution >= 0.6 is 0 Å². The molecule has 0 aromatic heterocycles. The predicted octanol–water partition coefficient (Wildman–Crippen LogP) is 3.47. The van der Waals surface area contributed by atoms with Gasteiger partial charge in [-0.2, -0.15) is 0 Å². The summed E-state index contributed by atoms with van der Waals surface area (Å²) in [5, 5.41) is 13.0. The summed E-state index contributed by atoms with van der Waals surface area (Å²) in [4.78, 5) is 11.1. The summed E-state index contributed by atoms with van der Waals surface area (Å²) in [5.74, 6) is -0.753. The first kappa shape index (κ1) is 14.6. The topological polar surface area (TPSA) is 49.3 Å². The molecule has 3 nitrogen and oxygen atoms in total. The lowest BCUT2D eigenvalue weighted by molar-refractivity contribution is -0.142. The Morgan fingerprint density at radius 2 is 1.95 bits per heavy atom. The molecule has 1 aromatic rings. The number of carbonyl (C=O) groups is 1. The van der Waals surface area contributed by atoms with Crippen molar-refractivity contribution in [2.45, 2.75) is 63.5 Å². The molecule has 0 heterocycles. The van der Waals surface area contributed by atoms with E-state index in [0.717, 1.165) is 25.7 Å². The van der Waals surface area contributed by atoms with Crippen molar-refractivity contribution in [3.8, 4) is 0 Å². The Bertz CT molecular complexity index is 520. The molecule has 0 saturated heterocycles. The molecule has 1 atom stereocenters. The molecule has 0 amide bonds. The number of benzene rings is 1. The fraction of sp³-hybridized carbons (Fsp3) is 0.611. The van der Waals surface area contributed by atoms with E-state index in [-0.39, 0.29) is 11.5 Å². The van der Waals surface area contributed by atoms with Crippen LogP contribution in [0.3, 0.4) is 0 Å². The van der Waals surface area contributed by atoms with Gasteiger partial charge in [-0.05, 0) is 63.0 Å². The first-order chi connectivity index (χ1) is 10.1. The minimum Gasteiger partial charge on any atom is -0.481 e. The quantitative estimate of drug-likeness (QED) is 0.895. The van der Waals surface area contributed by atoms with Crippen molar-refractivity contribution in [1.82, 2.24) is 5.32 Å². The van der Waals surface area contributed by atoms with E-state index in [2.05, 4.69) is 36.5 Å². The summed E-state index contributed by atoms with van der Waals surface area (Å²) in [6.07, 6.45) is 7.16. The summed E-state index contributed by atoms with van der Waals surface area (Å²) in [6.45, 7) is 2.31. The van der Waals surface area contributed by atoms with E-state index in [0.29, 0.717) is 6.04 Å². The third-order valence-electron chi connectivity index (χ3n) is 5.33. The summed E-state index contributed by atoms with van der Waals surface area (Å²) >= 11 is 0. The van der Waals surface area contributed by atoms with Gasteiger partial charge in [0.25, 0.3) is 0 Å². The SMILES string of the molecule is CC1(NC2CCC(C(=O)O)CC2)CCCc2ccccc21. The number of aliphatic carboxylic acids is 1. The van der Waals surface area contributed by atoms with Crippen LogP contribution in [0.4, 0.5) is 0 Å². The average Bonchev–Trinajstić information content (AvgIpc) is 2.48. The van der Waals surface area contributed by atoms with E-state index in [4.69, 9.17) is 5.11 Å². The van der Waals surface area contributed by atoms with Crippen LogP contribution in [0.25, 0.3) is 0 Å². The number of rotatable bonds is 3. The van der Waals surface area contributed by atoms with Crippen molar-refractivity contribution in [2.75, 3.05) is 0 Å². The van der Waals surface area contributed by atoms with Gasteiger partial charge in [0.2, 0.25) is 0 Å². The molecular weight excluding hydrogens is 262 g/mol. The molecule has 1 saturated carbocycles. The van der Waals surface area contributed by atoms with Gasteiger partial charge >= 0.3 is 5.97 Å². The minimum atomic E-state index is -0.623. The normalized spacial score (nSPS) is 32.4. The van der Waals surface area contributed by atoms with Gasteiger partial charge in [0, 0.05) is 11.6 Å². The zero-order valence-corrected chi connectivity index (χ0v) is 12.8. The maximum absolute atomic E-state index is 11.1. The molecule has 1 aromatic carbocycles. The highest BCUT2D eigenvalue weighted by molar-refractivity contribution is 5.70. The average molecular weight is 287 g/mol. The van der Waals surface area contributed by atoms with Crippen LogP contribution in [0, 0.1) is 5.92 Å². The largest absolute Gasteiger partial charge is 0.481 e. The second-order valence-electron chi connectivity index (χ2n) is 6.87. The molecule has 2 N–H and O–H groups in total. The highest BCUT2D eigenvalue weighted by Crippen LogP contribution is 2.37. The summed E-state index contributed by atoms with van der Waals surface area (Å²) in [5.41, 5.74) is 2.96. The molecule has 0 bridgehead atoms. The summed E-state index contributed by atoms with van der Waals surface area (Å²) in [6, 6.07) is 9.21. The van der Waals surface area contributed by atoms with Crippen molar-refractivity contribution in [3.05, 3.63) is 35.4 Å². The van der Waals surface area contributed by atoms with Gasteiger partial charge in [0.15, 0.2) is 0 Å². The first-order valence-corrected chi connectivity index (χ1v) is 8.17.